The van der Waals surface area contributed by atoms with E-state index in [1.807, 2.05) is 92.5 Å². The van der Waals surface area contributed by atoms with Gasteiger partial charge in [0, 0.05) is 0 Å². The second kappa shape index (κ2) is 14.0. The van der Waals surface area contributed by atoms with E-state index in [1.165, 1.54) is 0 Å². The minimum atomic E-state index is -2.49. The Morgan fingerprint density at radius 3 is 2.00 bits per heavy atom. The van der Waals surface area contributed by atoms with Crippen molar-refractivity contribution in [2.24, 2.45) is 0 Å². The summed E-state index contributed by atoms with van der Waals surface area (Å²) in [5.74, 6) is 1.46. The van der Waals surface area contributed by atoms with Crippen molar-refractivity contribution in [1.82, 2.24) is 0 Å². The fourth-order valence-electron chi connectivity index (χ4n) is 6.11. The zero-order valence-corrected chi connectivity index (χ0v) is 26.5. The van der Waals surface area contributed by atoms with Crippen LogP contribution in [0.4, 0.5) is 0 Å². The van der Waals surface area contributed by atoms with Gasteiger partial charge in [-0.05, 0) is 0 Å². The molecule has 2 fully saturated rings. The SMILES string of the molecule is [B][C@H]1C[C@@H](OC)[C@@H](CO[P+](=O)O[C@@H]2CC3(B=B3)O[C@@H]2COC(c2ccccc2)(c2ccc(OC)cc2)c2ccc(OC)cc2)O1. The van der Waals surface area contributed by atoms with Crippen molar-refractivity contribution < 1.29 is 42.0 Å². The third-order valence-corrected chi connectivity index (χ3v) is 9.38. The Morgan fingerprint density at radius 1 is 0.844 bits per heavy atom. The van der Waals surface area contributed by atoms with Crippen LogP contribution in [0.3, 0.4) is 0 Å². The Kier molecular flexibility index (Phi) is 10.0. The van der Waals surface area contributed by atoms with E-state index in [0.29, 0.717) is 12.8 Å². The maximum atomic E-state index is 13.0. The molecule has 9 nitrogen and oxygen atoms in total. The molecule has 0 aliphatic carbocycles. The summed E-state index contributed by atoms with van der Waals surface area (Å²) in [6.45, 7) is 4.12. The van der Waals surface area contributed by atoms with E-state index < -0.39 is 43.6 Å². The Balaban J connectivity index is 1.26. The van der Waals surface area contributed by atoms with Gasteiger partial charge < -0.3 is 0 Å². The zero-order chi connectivity index (χ0) is 31.4. The topological polar surface area (TPSA) is 90.9 Å². The van der Waals surface area contributed by atoms with Crippen LogP contribution in [-0.4, -0.2) is 91.8 Å². The summed E-state index contributed by atoms with van der Waals surface area (Å²) in [7, 11) is 8.28. The normalized spacial score (nSPS) is 25.0. The third-order valence-electron chi connectivity index (χ3n) is 8.58. The number of hydrogen-bond acceptors (Lipinski definition) is 9. The second-order valence-corrected chi connectivity index (χ2v) is 12.3. The Hall–Kier alpha value is -2.69. The van der Waals surface area contributed by atoms with Gasteiger partial charge in [-0.25, -0.2) is 0 Å². The third kappa shape index (κ3) is 7.03. The van der Waals surface area contributed by atoms with Crippen molar-refractivity contribution in [3.05, 3.63) is 95.6 Å². The molecule has 45 heavy (non-hydrogen) atoms. The second-order valence-electron chi connectivity index (χ2n) is 11.4. The molecule has 0 saturated carbocycles. The average molecular weight is 627 g/mol. The number of ether oxygens (including phenoxy) is 6. The molecular weight excluding hydrogens is 592 g/mol. The average Bonchev–Trinajstić information content (AvgIpc) is 3.60. The molecule has 230 valence electrons. The summed E-state index contributed by atoms with van der Waals surface area (Å²) < 4.78 is 60.1. The molecule has 3 heterocycles. The van der Waals surface area contributed by atoms with E-state index in [-0.39, 0.29) is 19.3 Å². The molecule has 3 aliphatic heterocycles. The summed E-state index contributed by atoms with van der Waals surface area (Å²) in [4.78, 5) is 0. The van der Waals surface area contributed by atoms with Gasteiger partial charge in [0.15, 0.2) is 0 Å². The minimum absolute atomic E-state index is 0.0333. The Bertz CT molecular complexity index is 1420. The van der Waals surface area contributed by atoms with Gasteiger partial charge in [-0.3, -0.25) is 0 Å². The summed E-state index contributed by atoms with van der Waals surface area (Å²) in [5.41, 5.74) is 1.68. The van der Waals surface area contributed by atoms with Gasteiger partial charge in [-0.15, -0.1) is 0 Å². The molecule has 13 heteroatoms. The van der Waals surface area contributed by atoms with Crippen LogP contribution in [0.15, 0.2) is 78.9 Å². The molecule has 6 rings (SSSR count). The van der Waals surface area contributed by atoms with Crippen LogP contribution >= 0.6 is 8.25 Å². The molecule has 2 saturated heterocycles. The standard InChI is InChI=1S/C32H35B3O9P/c1-37-24-13-9-22(10-14-24)32(21-7-5-4-6-8-21,23-11-15-25(38-2)16-12-23)40-19-29-27(18-31(43-29)34-35-31)44-45(36)41-20-28-26(39-3)17-30(33)42-28/h4-16,26-30H,17-20H2,1-3H3/q+1/t26-,27-,28-,29-,30-/m1/s1. The number of rotatable bonds is 14. The van der Waals surface area contributed by atoms with Crippen molar-refractivity contribution in [3.8, 4) is 11.5 Å². The van der Waals surface area contributed by atoms with Gasteiger partial charge >= 0.3 is 268 Å². The molecule has 3 aromatic carbocycles. The van der Waals surface area contributed by atoms with Crippen molar-refractivity contribution in [3.63, 3.8) is 0 Å². The van der Waals surface area contributed by atoms with Gasteiger partial charge in [-0.2, -0.15) is 0 Å². The van der Waals surface area contributed by atoms with Gasteiger partial charge in [0.1, 0.15) is 0 Å². The fraction of sp³-hybridized carbons (Fsp3) is 0.438. The maximum absolute atomic E-state index is 13.0. The summed E-state index contributed by atoms with van der Waals surface area (Å²) in [6.07, 6.45) is -0.708. The van der Waals surface area contributed by atoms with Gasteiger partial charge in [0.2, 0.25) is 0 Å². The van der Waals surface area contributed by atoms with Gasteiger partial charge in [-0.1, -0.05) is 0 Å². The zero-order valence-electron chi connectivity index (χ0n) is 25.6. The van der Waals surface area contributed by atoms with E-state index in [9.17, 15) is 4.57 Å². The molecule has 0 bridgehead atoms. The monoisotopic (exact) mass is 627 g/mol. The molecule has 1 unspecified atom stereocenters. The number of methoxy groups -OCH3 is 3. The van der Waals surface area contributed by atoms with Crippen molar-refractivity contribution in [2.75, 3.05) is 34.5 Å². The molecule has 0 N–H and O–H groups in total. The van der Waals surface area contributed by atoms with E-state index in [2.05, 4.69) is 0 Å². The van der Waals surface area contributed by atoms with Crippen molar-refractivity contribution >= 4 is 29.7 Å². The fourth-order valence-corrected chi connectivity index (χ4v) is 6.87. The number of benzene rings is 3. The quantitative estimate of drug-likeness (QED) is 0.149. The first-order valence-corrected chi connectivity index (χ1v) is 16.0. The van der Waals surface area contributed by atoms with Gasteiger partial charge in [0.05, 0.1) is 0 Å². The Morgan fingerprint density at radius 2 is 1.44 bits per heavy atom. The van der Waals surface area contributed by atoms with Crippen LogP contribution in [0.25, 0.3) is 0 Å². The first kappa shape index (κ1) is 32.3. The molecule has 3 aliphatic rings. The summed E-state index contributed by atoms with van der Waals surface area (Å²) in [5, 5.41) is -0.535. The van der Waals surface area contributed by atoms with Crippen LogP contribution in [0, 0.1) is 0 Å². The molecule has 2 radical (unpaired) electrons. The Labute approximate surface area is 267 Å². The molecule has 0 amide bonds. The first-order chi connectivity index (χ1) is 21.9. The van der Waals surface area contributed by atoms with Crippen molar-refractivity contribution in [2.45, 2.75) is 54.3 Å². The summed E-state index contributed by atoms with van der Waals surface area (Å²) in [6, 6.07) is 25.2. The van der Waals surface area contributed by atoms with E-state index in [0.717, 1.165) is 28.2 Å². The van der Waals surface area contributed by atoms with Crippen LogP contribution in [0.5, 0.6) is 11.5 Å². The number of hydrogen-bond donors (Lipinski definition) is 0. The molecule has 0 aromatic heterocycles. The van der Waals surface area contributed by atoms with E-state index >= 15 is 0 Å². The molecular formula is C32H35B3O9P+. The first-order valence-electron chi connectivity index (χ1n) is 15.0. The molecule has 3 aromatic rings. The predicted molar refractivity (Wildman–Crippen MR) is 170 cm³/mol. The predicted octanol–water partition coefficient (Wildman–Crippen LogP) is 4.15. The summed E-state index contributed by atoms with van der Waals surface area (Å²) >= 11 is 0. The van der Waals surface area contributed by atoms with Crippen LogP contribution in [-0.2, 0) is 38.2 Å². The van der Waals surface area contributed by atoms with Gasteiger partial charge in [0.25, 0.3) is 0 Å². The van der Waals surface area contributed by atoms with Crippen molar-refractivity contribution in [1.29, 1.82) is 0 Å². The molecule has 1 spiro atoms. The van der Waals surface area contributed by atoms with Crippen LogP contribution < -0.4 is 9.47 Å². The van der Waals surface area contributed by atoms with Crippen LogP contribution in [0.2, 0.25) is 0 Å². The van der Waals surface area contributed by atoms with E-state index in [1.54, 1.807) is 21.3 Å². The van der Waals surface area contributed by atoms with E-state index in [4.69, 9.17) is 45.3 Å². The van der Waals surface area contributed by atoms with Crippen LogP contribution in [0.1, 0.15) is 29.5 Å². The molecule has 6 atom stereocenters.